The molecule has 4 aromatic rings. The molecule has 3 heterocycles. The molecule has 5 rings (SSSR count). The standard InChI is InChI=1S/C30H30N4O3/c35-29(32-21-24-8-4-14-31-20-24)26-19-25(33-30(36)28-9-5-17-37-28)10-11-27(26)34-15-12-23(13-16-34)18-22-6-2-1-3-7-22/h1-11,14,17,19-20,23H,12-13,15-16,18,21H2,(H,32,35)(H,33,36). The maximum absolute atomic E-state index is 13.4. The fraction of sp³-hybridized carbons (Fsp3) is 0.233. The third-order valence-electron chi connectivity index (χ3n) is 6.74. The van der Waals surface area contributed by atoms with Crippen LogP contribution in [0.25, 0.3) is 0 Å². The highest BCUT2D eigenvalue weighted by atomic mass is 16.3. The number of benzene rings is 2. The molecule has 188 valence electrons. The van der Waals surface area contributed by atoms with Gasteiger partial charge >= 0.3 is 0 Å². The fourth-order valence-electron chi connectivity index (χ4n) is 4.78. The van der Waals surface area contributed by atoms with Crippen molar-refractivity contribution in [2.24, 2.45) is 5.92 Å². The molecule has 7 heteroatoms. The summed E-state index contributed by atoms with van der Waals surface area (Å²) in [6.45, 7) is 2.12. The van der Waals surface area contributed by atoms with Crippen LogP contribution in [0.2, 0.25) is 0 Å². The Morgan fingerprint density at radius 2 is 1.73 bits per heavy atom. The first-order valence-corrected chi connectivity index (χ1v) is 12.6. The van der Waals surface area contributed by atoms with Crippen molar-refractivity contribution in [3.8, 4) is 0 Å². The lowest BCUT2D eigenvalue weighted by molar-refractivity contribution is 0.0949. The first kappa shape index (κ1) is 24.3. The number of pyridine rings is 1. The summed E-state index contributed by atoms with van der Waals surface area (Å²) in [7, 11) is 0. The third kappa shape index (κ3) is 6.25. The van der Waals surface area contributed by atoms with Crippen LogP contribution >= 0.6 is 0 Å². The summed E-state index contributed by atoms with van der Waals surface area (Å²) in [6.07, 6.45) is 8.08. The van der Waals surface area contributed by atoms with Crippen molar-refractivity contribution in [2.75, 3.05) is 23.3 Å². The highest BCUT2D eigenvalue weighted by molar-refractivity contribution is 6.05. The molecule has 2 amide bonds. The largest absolute Gasteiger partial charge is 0.459 e. The molecule has 0 aliphatic carbocycles. The van der Waals surface area contributed by atoms with Gasteiger partial charge in [0.05, 0.1) is 11.8 Å². The van der Waals surface area contributed by atoms with E-state index in [0.717, 1.165) is 43.6 Å². The van der Waals surface area contributed by atoms with Gasteiger partial charge in [-0.1, -0.05) is 36.4 Å². The van der Waals surface area contributed by atoms with Crippen molar-refractivity contribution in [1.29, 1.82) is 0 Å². The SMILES string of the molecule is O=C(Nc1ccc(N2CCC(Cc3ccccc3)CC2)c(C(=O)NCc2cccnc2)c1)c1ccco1. The van der Waals surface area contributed by atoms with E-state index in [2.05, 4.69) is 44.8 Å². The van der Waals surface area contributed by atoms with Crippen LogP contribution in [0, 0.1) is 5.92 Å². The Morgan fingerprint density at radius 1 is 0.919 bits per heavy atom. The molecule has 1 aliphatic rings. The molecule has 37 heavy (non-hydrogen) atoms. The van der Waals surface area contributed by atoms with Crippen LogP contribution in [0.15, 0.2) is 95.9 Å². The zero-order chi connectivity index (χ0) is 25.5. The highest BCUT2D eigenvalue weighted by Gasteiger charge is 2.24. The molecule has 0 saturated carbocycles. The van der Waals surface area contributed by atoms with Gasteiger partial charge in [-0.2, -0.15) is 0 Å². The van der Waals surface area contributed by atoms with Crippen molar-refractivity contribution in [2.45, 2.75) is 25.8 Å². The first-order chi connectivity index (χ1) is 18.2. The van der Waals surface area contributed by atoms with Crippen molar-refractivity contribution in [3.05, 3.63) is 114 Å². The van der Waals surface area contributed by atoms with Gasteiger partial charge < -0.3 is 20.0 Å². The Bertz CT molecular complexity index is 1320. The number of hydrogen-bond acceptors (Lipinski definition) is 5. The van der Waals surface area contributed by atoms with E-state index >= 15 is 0 Å². The van der Waals surface area contributed by atoms with Gasteiger partial charge in [0, 0.05) is 43.4 Å². The first-order valence-electron chi connectivity index (χ1n) is 12.6. The summed E-state index contributed by atoms with van der Waals surface area (Å²) < 4.78 is 5.20. The maximum Gasteiger partial charge on any atom is 0.291 e. The number of carbonyl (C=O) groups excluding carboxylic acids is 2. The number of hydrogen-bond donors (Lipinski definition) is 2. The number of piperidine rings is 1. The lowest BCUT2D eigenvalue weighted by atomic mass is 9.89. The molecule has 7 nitrogen and oxygen atoms in total. The van der Waals surface area contributed by atoms with E-state index in [4.69, 9.17) is 4.42 Å². The predicted octanol–water partition coefficient (Wildman–Crippen LogP) is 5.32. The fourth-order valence-corrected chi connectivity index (χ4v) is 4.78. The topological polar surface area (TPSA) is 87.5 Å². The van der Waals surface area contributed by atoms with Crippen molar-refractivity contribution >= 4 is 23.2 Å². The smallest absolute Gasteiger partial charge is 0.291 e. The van der Waals surface area contributed by atoms with E-state index < -0.39 is 0 Å². The normalized spacial score (nSPS) is 13.8. The molecule has 1 aliphatic heterocycles. The van der Waals surface area contributed by atoms with E-state index in [1.807, 2.05) is 30.3 Å². The van der Waals surface area contributed by atoms with E-state index in [9.17, 15) is 9.59 Å². The van der Waals surface area contributed by atoms with Gasteiger partial charge in [0.25, 0.3) is 11.8 Å². The van der Waals surface area contributed by atoms with Gasteiger partial charge in [-0.05, 0) is 72.7 Å². The molecular formula is C30H30N4O3. The average Bonchev–Trinajstić information content (AvgIpc) is 3.49. The Labute approximate surface area is 216 Å². The number of aromatic nitrogens is 1. The van der Waals surface area contributed by atoms with Crippen LogP contribution in [0.1, 0.15) is 44.9 Å². The molecule has 2 aromatic heterocycles. The minimum Gasteiger partial charge on any atom is -0.459 e. The van der Waals surface area contributed by atoms with Crippen molar-refractivity contribution in [1.82, 2.24) is 10.3 Å². The van der Waals surface area contributed by atoms with Gasteiger partial charge in [-0.15, -0.1) is 0 Å². The molecule has 0 bridgehead atoms. The number of nitrogens with one attached hydrogen (secondary N) is 2. The second-order valence-corrected chi connectivity index (χ2v) is 9.33. The number of amides is 2. The van der Waals surface area contributed by atoms with E-state index in [0.29, 0.717) is 23.7 Å². The molecular weight excluding hydrogens is 464 g/mol. The van der Waals surface area contributed by atoms with E-state index in [1.165, 1.54) is 11.8 Å². The zero-order valence-corrected chi connectivity index (χ0v) is 20.6. The van der Waals surface area contributed by atoms with E-state index in [-0.39, 0.29) is 17.6 Å². The second kappa shape index (κ2) is 11.6. The van der Waals surface area contributed by atoms with Gasteiger partial charge in [0.1, 0.15) is 0 Å². The number of anilines is 2. The summed E-state index contributed by atoms with van der Waals surface area (Å²) in [5, 5.41) is 5.84. The minimum absolute atomic E-state index is 0.195. The molecule has 2 N–H and O–H groups in total. The van der Waals surface area contributed by atoms with Crippen LogP contribution in [0.5, 0.6) is 0 Å². The van der Waals surface area contributed by atoms with E-state index in [1.54, 1.807) is 30.6 Å². The summed E-state index contributed by atoms with van der Waals surface area (Å²) in [5.41, 5.74) is 4.23. The monoisotopic (exact) mass is 494 g/mol. The quantitative estimate of drug-likeness (QED) is 0.346. The van der Waals surface area contributed by atoms with Crippen LogP contribution in [0.3, 0.4) is 0 Å². The molecule has 0 unspecified atom stereocenters. The predicted molar refractivity (Wildman–Crippen MR) is 144 cm³/mol. The van der Waals surface area contributed by atoms with Crippen molar-refractivity contribution in [3.63, 3.8) is 0 Å². The summed E-state index contributed by atoms with van der Waals surface area (Å²) in [4.78, 5) is 32.3. The summed E-state index contributed by atoms with van der Waals surface area (Å²) in [6, 6.07) is 23.1. The molecule has 1 saturated heterocycles. The lowest BCUT2D eigenvalue weighted by Crippen LogP contribution is -2.36. The Kier molecular flexibility index (Phi) is 7.60. The maximum atomic E-state index is 13.4. The van der Waals surface area contributed by atoms with Gasteiger partial charge in [-0.25, -0.2) is 0 Å². The van der Waals surface area contributed by atoms with Gasteiger partial charge in [0.15, 0.2) is 5.76 Å². The van der Waals surface area contributed by atoms with Gasteiger partial charge in [0.2, 0.25) is 0 Å². The average molecular weight is 495 g/mol. The van der Waals surface area contributed by atoms with Crippen LogP contribution in [-0.4, -0.2) is 29.9 Å². The molecule has 0 radical (unpaired) electrons. The molecule has 0 atom stereocenters. The Morgan fingerprint density at radius 3 is 2.46 bits per heavy atom. The summed E-state index contributed by atoms with van der Waals surface area (Å²) in [5.74, 6) is 0.279. The molecule has 0 spiro atoms. The van der Waals surface area contributed by atoms with Gasteiger partial charge in [-0.3, -0.25) is 14.6 Å². The van der Waals surface area contributed by atoms with Crippen LogP contribution < -0.4 is 15.5 Å². The highest BCUT2D eigenvalue weighted by Crippen LogP contribution is 2.30. The van der Waals surface area contributed by atoms with Crippen LogP contribution in [0.4, 0.5) is 11.4 Å². The molecule has 1 fully saturated rings. The Hall–Kier alpha value is -4.39. The lowest BCUT2D eigenvalue weighted by Gasteiger charge is -2.35. The minimum atomic E-state index is -0.360. The van der Waals surface area contributed by atoms with Crippen molar-refractivity contribution < 1.29 is 14.0 Å². The molecule has 2 aromatic carbocycles. The second-order valence-electron chi connectivity index (χ2n) is 9.33. The third-order valence-corrected chi connectivity index (χ3v) is 6.74. The number of furan rings is 1. The zero-order valence-electron chi connectivity index (χ0n) is 20.6. The Balaban J connectivity index is 1.32. The number of nitrogens with zero attached hydrogens (tertiary/aromatic N) is 2. The number of carbonyl (C=O) groups is 2. The number of rotatable bonds is 8. The van der Waals surface area contributed by atoms with Crippen LogP contribution in [-0.2, 0) is 13.0 Å². The summed E-state index contributed by atoms with van der Waals surface area (Å²) >= 11 is 0.